The fourth-order valence-corrected chi connectivity index (χ4v) is 6.07. The summed E-state index contributed by atoms with van der Waals surface area (Å²) in [5, 5.41) is 12.7. The minimum Gasteiger partial charge on any atom is -0.497 e. The number of methoxy groups -OCH3 is 1. The zero-order valence-electron chi connectivity index (χ0n) is 17.4. The summed E-state index contributed by atoms with van der Waals surface area (Å²) in [5.41, 5.74) is -0.204. The van der Waals surface area contributed by atoms with Crippen LogP contribution >= 0.6 is 0 Å². The van der Waals surface area contributed by atoms with Gasteiger partial charge >= 0.3 is 0 Å². The third kappa shape index (κ3) is 3.14. The second-order valence-corrected chi connectivity index (χ2v) is 9.36. The minimum absolute atomic E-state index is 0.0148. The average molecular weight is 415 g/mol. The van der Waals surface area contributed by atoms with Crippen molar-refractivity contribution in [3.05, 3.63) is 23.8 Å². The van der Waals surface area contributed by atoms with Crippen molar-refractivity contribution >= 4 is 11.8 Å². The average Bonchev–Trinajstić information content (AvgIpc) is 2.78. The van der Waals surface area contributed by atoms with Crippen molar-refractivity contribution in [1.29, 1.82) is 0 Å². The van der Waals surface area contributed by atoms with Crippen LogP contribution in [-0.2, 0) is 4.79 Å². The van der Waals surface area contributed by atoms with Gasteiger partial charge in [-0.25, -0.2) is 0 Å². The molecule has 4 fully saturated rings. The SMILES string of the molecule is COc1ccc2c(c1)O[C@@]1(C[C@H]3CC[C@@H]1C[C@@H]3C(=O)N1CCC[C@H](CO)C1)NC2=O. The smallest absolute Gasteiger partial charge is 0.258 e. The molecule has 5 aliphatic rings. The molecule has 5 atom stereocenters. The monoisotopic (exact) mass is 414 g/mol. The number of carbonyl (C=O) groups excluding carboxylic acids is 2. The number of nitrogens with zero attached hydrogens (tertiary/aromatic N) is 1. The first-order valence-electron chi connectivity index (χ1n) is 11.1. The summed E-state index contributed by atoms with van der Waals surface area (Å²) in [6.07, 6.45) is 5.29. The van der Waals surface area contributed by atoms with Gasteiger partial charge in [-0.1, -0.05) is 0 Å². The lowest BCUT2D eigenvalue weighted by Gasteiger charge is -2.55. The summed E-state index contributed by atoms with van der Waals surface area (Å²) < 4.78 is 11.8. The Morgan fingerprint density at radius 2 is 2.23 bits per heavy atom. The van der Waals surface area contributed by atoms with Crippen LogP contribution in [0.3, 0.4) is 0 Å². The maximum atomic E-state index is 13.3. The molecule has 30 heavy (non-hydrogen) atoms. The van der Waals surface area contributed by atoms with Crippen LogP contribution in [-0.4, -0.2) is 54.4 Å². The van der Waals surface area contributed by atoms with Crippen molar-refractivity contribution in [2.24, 2.45) is 23.7 Å². The van der Waals surface area contributed by atoms with Crippen LogP contribution < -0.4 is 14.8 Å². The summed E-state index contributed by atoms with van der Waals surface area (Å²) in [6, 6.07) is 5.28. The van der Waals surface area contributed by atoms with Gasteiger partial charge in [0, 0.05) is 44.0 Å². The van der Waals surface area contributed by atoms with Gasteiger partial charge in [-0.05, 0) is 56.1 Å². The molecular formula is C23H30N2O5. The molecule has 3 saturated carbocycles. The maximum Gasteiger partial charge on any atom is 0.258 e. The quantitative estimate of drug-likeness (QED) is 0.792. The van der Waals surface area contributed by atoms with E-state index < -0.39 is 5.72 Å². The van der Waals surface area contributed by atoms with E-state index in [1.807, 2.05) is 4.90 Å². The van der Waals surface area contributed by atoms with E-state index >= 15 is 0 Å². The van der Waals surface area contributed by atoms with Gasteiger partial charge in [-0.15, -0.1) is 0 Å². The van der Waals surface area contributed by atoms with E-state index in [4.69, 9.17) is 9.47 Å². The molecule has 7 heteroatoms. The normalized spacial score (nSPS) is 34.9. The summed E-state index contributed by atoms with van der Waals surface area (Å²) in [5.74, 6) is 1.83. The first-order chi connectivity index (χ1) is 14.5. The molecule has 2 heterocycles. The van der Waals surface area contributed by atoms with Crippen LogP contribution in [0.5, 0.6) is 11.5 Å². The molecule has 1 aromatic carbocycles. The Bertz CT molecular complexity index is 858. The highest BCUT2D eigenvalue weighted by Crippen LogP contribution is 2.53. The van der Waals surface area contributed by atoms with Gasteiger partial charge in [0.05, 0.1) is 12.7 Å². The van der Waals surface area contributed by atoms with Crippen molar-refractivity contribution < 1.29 is 24.2 Å². The van der Waals surface area contributed by atoms with Crippen molar-refractivity contribution in [3.63, 3.8) is 0 Å². The topological polar surface area (TPSA) is 88.1 Å². The Morgan fingerprint density at radius 3 is 2.97 bits per heavy atom. The van der Waals surface area contributed by atoms with Gasteiger partial charge in [-0.3, -0.25) is 9.59 Å². The van der Waals surface area contributed by atoms with Crippen LogP contribution in [0.1, 0.15) is 48.9 Å². The van der Waals surface area contributed by atoms with Crippen molar-refractivity contribution in [1.82, 2.24) is 10.2 Å². The van der Waals surface area contributed by atoms with E-state index in [-0.39, 0.29) is 42.1 Å². The number of amides is 2. The largest absolute Gasteiger partial charge is 0.497 e. The first kappa shape index (κ1) is 19.7. The Balaban J connectivity index is 1.35. The predicted molar refractivity (Wildman–Crippen MR) is 109 cm³/mol. The lowest BCUT2D eigenvalue weighted by Crippen LogP contribution is -2.67. The van der Waals surface area contributed by atoms with E-state index in [0.29, 0.717) is 30.0 Å². The molecule has 1 saturated heterocycles. The van der Waals surface area contributed by atoms with Crippen molar-refractivity contribution in [2.45, 2.75) is 44.2 Å². The summed E-state index contributed by atoms with van der Waals surface area (Å²) in [7, 11) is 1.60. The molecule has 7 nitrogen and oxygen atoms in total. The number of benzene rings is 1. The van der Waals surface area contributed by atoms with Gasteiger partial charge in [0.25, 0.3) is 5.91 Å². The van der Waals surface area contributed by atoms with Crippen LogP contribution in [0, 0.1) is 23.7 Å². The molecule has 3 aliphatic carbocycles. The number of carbonyl (C=O) groups is 2. The van der Waals surface area contributed by atoms with Crippen LogP contribution in [0.15, 0.2) is 18.2 Å². The number of fused-ring (bicyclic) bond motifs is 3. The fraction of sp³-hybridized carbons (Fsp3) is 0.652. The molecule has 2 bridgehead atoms. The lowest BCUT2D eigenvalue weighted by molar-refractivity contribution is -0.157. The van der Waals surface area contributed by atoms with Crippen molar-refractivity contribution in [3.8, 4) is 11.5 Å². The van der Waals surface area contributed by atoms with Gasteiger partial charge in [0.15, 0.2) is 5.72 Å². The third-order valence-corrected chi connectivity index (χ3v) is 7.67. The zero-order chi connectivity index (χ0) is 20.9. The van der Waals surface area contributed by atoms with E-state index in [1.165, 1.54) is 0 Å². The standard InChI is InChI=1S/C23H30N2O5/c1-29-17-6-7-18-20(10-17)30-23(24-21(18)27)11-15-4-5-16(23)9-19(15)22(28)25-8-2-3-14(12-25)13-26/h6-7,10,14-16,19,26H,2-5,8-9,11-13H2,1H3,(H,24,27)/t14-,15+,16+,19-,23+/m0/s1. The molecule has 2 amide bonds. The number of rotatable bonds is 3. The highest BCUT2D eigenvalue weighted by atomic mass is 16.5. The van der Waals surface area contributed by atoms with E-state index in [9.17, 15) is 14.7 Å². The Morgan fingerprint density at radius 1 is 1.37 bits per heavy atom. The lowest BCUT2D eigenvalue weighted by atomic mass is 9.59. The summed E-state index contributed by atoms with van der Waals surface area (Å²) >= 11 is 0. The number of aliphatic hydroxyl groups is 1. The molecule has 0 unspecified atom stereocenters. The van der Waals surface area contributed by atoms with Gasteiger partial charge in [0.2, 0.25) is 5.91 Å². The van der Waals surface area contributed by atoms with Crippen LogP contribution in [0.4, 0.5) is 0 Å². The van der Waals surface area contributed by atoms with Crippen LogP contribution in [0.25, 0.3) is 0 Å². The minimum atomic E-state index is -0.730. The number of aliphatic hydroxyl groups excluding tert-OH is 1. The molecule has 6 rings (SSSR count). The summed E-state index contributed by atoms with van der Waals surface area (Å²) in [4.78, 5) is 28.1. The predicted octanol–water partition coefficient (Wildman–Crippen LogP) is 2.18. The molecule has 2 N–H and O–H groups in total. The Labute approximate surface area is 176 Å². The molecular weight excluding hydrogens is 384 g/mol. The van der Waals surface area contributed by atoms with Crippen LogP contribution in [0.2, 0.25) is 0 Å². The zero-order valence-corrected chi connectivity index (χ0v) is 17.4. The van der Waals surface area contributed by atoms with Crippen molar-refractivity contribution in [2.75, 3.05) is 26.8 Å². The number of ether oxygens (including phenoxy) is 2. The molecule has 2 aliphatic heterocycles. The highest BCUT2D eigenvalue weighted by Gasteiger charge is 2.57. The number of likely N-dealkylation sites (tertiary alicyclic amines) is 1. The molecule has 1 spiro atoms. The van der Waals surface area contributed by atoms with Gasteiger partial charge in [0.1, 0.15) is 11.5 Å². The Kier molecular flexibility index (Phi) is 4.88. The number of piperidine rings is 1. The second kappa shape index (κ2) is 7.45. The first-order valence-corrected chi connectivity index (χ1v) is 11.1. The number of hydrogen-bond acceptors (Lipinski definition) is 5. The van der Waals surface area contributed by atoms with Gasteiger partial charge < -0.3 is 24.8 Å². The van der Waals surface area contributed by atoms with E-state index in [0.717, 1.165) is 38.6 Å². The summed E-state index contributed by atoms with van der Waals surface area (Å²) in [6.45, 7) is 1.59. The highest BCUT2D eigenvalue weighted by molar-refractivity contribution is 5.98. The maximum absolute atomic E-state index is 13.3. The Hall–Kier alpha value is -2.28. The van der Waals surface area contributed by atoms with E-state index in [2.05, 4.69) is 5.32 Å². The number of hydrogen-bond donors (Lipinski definition) is 2. The van der Waals surface area contributed by atoms with E-state index in [1.54, 1.807) is 25.3 Å². The molecule has 1 aromatic rings. The number of nitrogens with one attached hydrogen (secondary N) is 1. The fourth-order valence-electron chi connectivity index (χ4n) is 6.07. The van der Waals surface area contributed by atoms with Gasteiger partial charge in [-0.2, -0.15) is 0 Å². The molecule has 0 radical (unpaired) electrons. The molecule has 162 valence electrons. The second-order valence-electron chi connectivity index (χ2n) is 9.36. The molecule has 0 aromatic heterocycles. The third-order valence-electron chi connectivity index (χ3n) is 7.67.